The van der Waals surface area contributed by atoms with E-state index in [0.29, 0.717) is 12.2 Å². The zero-order valence-corrected chi connectivity index (χ0v) is 11.0. The summed E-state index contributed by atoms with van der Waals surface area (Å²) in [5.41, 5.74) is 1.26. The maximum absolute atomic E-state index is 12.4. The number of hydrogen-bond acceptors (Lipinski definition) is 4. The standard InChI is InChI=1S/C14H12N4O3/c19-12-6-15-11(5-16-12)14(21)18-7-9-3-1-2-4-10(9)17-13(20)8-18/h1-6H,7-8H2,(H,16,19)(H,17,20). The van der Waals surface area contributed by atoms with Gasteiger partial charge in [0.25, 0.3) is 11.5 Å². The molecule has 1 aliphatic heterocycles. The van der Waals surface area contributed by atoms with Crippen molar-refractivity contribution in [3.8, 4) is 0 Å². The van der Waals surface area contributed by atoms with E-state index in [4.69, 9.17) is 0 Å². The lowest BCUT2D eigenvalue weighted by atomic mass is 10.1. The van der Waals surface area contributed by atoms with Gasteiger partial charge in [-0.1, -0.05) is 18.2 Å². The van der Waals surface area contributed by atoms with E-state index in [1.54, 1.807) is 6.07 Å². The maximum Gasteiger partial charge on any atom is 0.274 e. The van der Waals surface area contributed by atoms with Gasteiger partial charge in [0.05, 0.1) is 6.20 Å². The van der Waals surface area contributed by atoms with Crippen LogP contribution in [0.5, 0.6) is 0 Å². The maximum atomic E-state index is 12.4. The summed E-state index contributed by atoms with van der Waals surface area (Å²) in [6.45, 7) is 0.239. The number of anilines is 1. The van der Waals surface area contributed by atoms with E-state index in [0.717, 1.165) is 11.8 Å². The number of carbonyl (C=O) groups excluding carboxylic acids is 2. The topological polar surface area (TPSA) is 95.2 Å². The second-order valence-electron chi connectivity index (χ2n) is 4.66. The van der Waals surface area contributed by atoms with Crippen molar-refractivity contribution in [1.82, 2.24) is 14.9 Å². The van der Waals surface area contributed by atoms with Gasteiger partial charge in [-0.05, 0) is 11.6 Å². The lowest BCUT2D eigenvalue weighted by Gasteiger charge is -2.18. The molecule has 21 heavy (non-hydrogen) atoms. The lowest BCUT2D eigenvalue weighted by Crippen LogP contribution is -2.36. The van der Waals surface area contributed by atoms with Crippen molar-refractivity contribution in [2.24, 2.45) is 0 Å². The van der Waals surface area contributed by atoms with Gasteiger partial charge < -0.3 is 15.2 Å². The smallest absolute Gasteiger partial charge is 0.274 e. The van der Waals surface area contributed by atoms with Crippen LogP contribution in [0.2, 0.25) is 0 Å². The Hall–Kier alpha value is -2.96. The molecule has 3 rings (SSSR count). The van der Waals surface area contributed by atoms with Crippen LogP contribution in [-0.4, -0.2) is 33.2 Å². The number of aromatic amines is 1. The molecule has 1 aliphatic rings. The Morgan fingerprint density at radius 2 is 2.00 bits per heavy atom. The van der Waals surface area contributed by atoms with Crippen LogP contribution >= 0.6 is 0 Å². The molecule has 2 aromatic rings. The molecule has 0 aliphatic carbocycles. The summed E-state index contributed by atoms with van der Waals surface area (Å²) in [6.07, 6.45) is 2.29. The van der Waals surface area contributed by atoms with Gasteiger partial charge >= 0.3 is 0 Å². The van der Waals surface area contributed by atoms with Gasteiger partial charge in [0.15, 0.2) is 0 Å². The second kappa shape index (κ2) is 5.20. The molecule has 2 amide bonds. The minimum atomic E-state index is -0.405. The summed E-state index contributed by atoms with van der Waals surface area (Å²) in [7, 11) is 0. The van der Waals surface area contributed by atoms with Crippen LogP contribution in [0.15, 0.2) is 41.5 Å². The number of para-hydroxylation sites is 1. The van der Waals surface area contributed by atoms with Crippen LogP contribution in [0, 0.1) is 0 Å². The van der Waals surface area contributed by atoms with E-state index in [1.807, 2.05) is 18.2 Å². The molecule has 0 saturated heterocycles. The number of H-pyrrole nitrogens is 1. The molecule has 0 bridgehead atoms. The highest BCUT2D eigenvalue weighted by Gasteiger charge is 2.24. The molecule has 1 aromatic carbocycles. The molecule has 7 nitrogen and oxygen atoms in total. The number of hydrogen-bond donors (Lipinski definition) is 2. The first kappa shape index (κ1) is 13.0. The van der Waals surface area contributed by atoms with Crippen molar-refractivity contribution in [3.05, 3.63) is 58.3 Å². The van der Waals surface area contributed by atoms with Crippen LogP contribution in [0.4, 0.5) is 5.69 Å². The van der Waals surface area contributed by atoms with Crippen molar-refractivity contribution >= 4 is 17.5 Å². The molecule has 0 saturated carbocycles. The zero-order chi connectivity index (χ0) is 14.8. The molecule has 1 aromatic heterocycles. The molecular formula is C14H12N4O3. The van der Waals surface area contributed by atoms with Gasteiger partial charge in [-0.25, -0.2) is 4.98 Å². The van der Waals surface area contributed by atoms with Gasteiger partial charge in [-0.15, -0.1) is 0 Å². The van der Waals surface area contributed by atoms with Crippen LogP contribution in [0.3, 0.4) is 0 Å². The number of carbonyl (C=O) groups is 2. The quantitative estimate of drug-likeness (QED) is 0.790. The Morgan fingerprint density at radius 1 is 1.19 bits per heavy atom. The van der Waals surface area contributed by atoms with Gasteiger partial charge in [-0.3, -0.25) is 14.4 Å². The summed E-state index contributed by atoms with van der Waals surface area (Å²) in [6, 6.07) is 7.30. The second-order valence-corrected chi connectivity index (χ2v) is 4.66. The zero-order valence-electron chi connectivity index (χ0n) is 11.0. The normalized spacial score (nSPS) is 14.1. The van der Waals surface area contributed by atoms with E-state index in [-0.39, 0.29) is 23.7 Å². The highest BCUT2D eigenvalue weighted by atomic mass is 16.2. The molecule has 0 atom stereocenters. The SMILES string of the molecule is O=C1CN(C(=O)c2c[nH]c(=O)cn2)Cc2ccccc2N1. The monoisotopic (exact) mass is 284 g/mol. The van der Waals surface area contributed by atoms with Gasteiger partial charge in [0.1, 0.15) is 12.2 Å². The van der Waals surface area contributed by atoms with Crippen LogP contribution in [-0.2, 0) is 11.3 Å². The molecule has 0 fully saturated rings. The molecule has 2 heterocycles. The summed E-state index contributed by atoms with van der Waals surface area (Å²) >= 11 is 0. The third-order valence-corrected chi connectivity index (χ3v) is 3.17. The molecule has 0 radical (unpaired) electrons. The molecule has 0 unspecified atom stereocenters. The third-order valence-electron chi connectivity index (χ3n) is 3.17. The first-order valence-electron chi connectivity index (χ1n) is 6.35. The van der Waals surface area contributed by atoms with E-state index >= 15 is 0 Å². The number of aromatic nitrogens is 2. The van der Waals surface area contributed by atoms with E-state index < -0.39 is 5.91 Å². The fourth-order valence-corrected chi connectivity index (χ4v) is 2.17. The van der Waals surface area contributed by atoms with Crippen LogP contribution in [0.1, 0.15) is 16.1 Å². The average Bonchev–Trinajstić information content (AvgIpc) is 2.65. The largest absolute Gasteiger partial charge is 0.325 e. The number of rotatable bonds is 1. The highest BCUT2D eigenvalue weighted by Crippen LogP contribution is 2.20. The Kier molecular flexibility index (Phi) is 3.23. The van der Waals surface area contributed by atoms with E-state index in [1.165, 1.54) is 11.1 Å². The first-order chi connectivity index (χ1) is 10.1. The predicted molar refractivity (Wildman–Crippen MR) is 74.7 cm³/mol. The highest BCUT2D eigenvalue weighted by molar-refractivity contribution is 5.99. The number of nitrogens with zero attached hydrogens (tertiary/aromatic N) is 2. The Labute approximate surface area is 119 Å². The Balaban J connectivity index is 1.91. The first-order valence-corrected chi connectivity index (χ1v) is 6.35. The van der Waals surface area contributed by atoms with E-state index in [2.05, 4.69) is 15.3 Å². The molecule has 0 spiro atoms. The third kappa shape index (κ3) is 2.66. The number of benzene rings is 1. The fraction of sp³-hybridized carbons (Fsp3) is 0.143. The lowest BCUT2D eigenvalue weighted by molar-refractivity contribution is -0.116. The van der Waals surface area contributed by atoms with Crippen molar-refractivity contribution in [1.29, 1.82) is 0 Å². The summed E-state index contributed by atoms with van der Waals surface area (Å²) in [4.78, 5) is 42.8. The number of nitrogens with one attached hydrogen (secondary N) is 2. The summed E-state index contributed by atoms with van der Waals surface area (Å²) in [5, 5.41) is 2.76. The fourth-order valence-electron chi connectivity index (χ4n) is 2.17. The predicted octanol–water partition coefficient (Wildman–Crippen LogP) is 0.364. The minimum Gasteiger partial charge on any atom is -0.325 e. The molecule has 7 heteroatoms. The number of amides is 2. The van der Waals surface area contributed by atoms with Gasteiger partial charge in [0, 0.05) is 18.4 Å². The van der Waals surface area contributed by atoms with Crippen LogP contribution in [0.25, 0.3) is 0 Å². The average molecular weight is 284 g/mol. The molecule has 106 valence electrons. The van der Waals surface area contributed by atoms with Crippen LogP contribution < -0.4 is 10.9 Å². The van der Waals surface area contributed by atoms with Gasteiger partial charge in [0.2, 0.25) is 5.91 Å². The van der Waals surface area contributed by atoms with Crippen molar-refractivity contribution in [3.63, 3.8) is 0 Å². The van der Waals surface area contributed by atoms with Gasteiger partial charge in [-0.2, -0.15) is 0 Å². The molecule has 2 N–H and O–H groups in total. The minimum absolute atomic E-state index is 0.0612. The van der Waals surface area contributed by atoms with E-state index in [9.17, 15) is 14.4 Å². The van der Waals surface area contributed by atoms with Crippen molar-refractivity contribution in [2.45, 2.75) is 6.54 Å². The van der Waals surface area contributed by atoms with Crippen molar-refractivity contribution < 1.29 is 9.59 Å². The van der Waals surface area contributed by atoms with Crippen molar-refractivity contribution in [2.75, 3.05) is 11.9 Å². The summed E-state index contributed by atoms with van der Waals surface area (Å²) < 4.78 is 0. The Bertz CT molecular complexity index is 748. The summed E-state index contributed by atoms with van der Waals surface area (Å²) in [5.74, 6) is -0.671. The molecular weight excluding hydrogens is 272 g/mol. The number of fused-ring (bicyclic) bond motifs is 1. The Morgan fingerprint density at radius 3 is 2.76 bits per heavy atom.